The molecule has 2 unspecified atom stereocenters. The van der Waals surface area contributed by atoms with E-state index in [0.717, 1.165) is 45.1 Å². The number of urea groups is 1. The Morgan fingerprint density at radius 1 is 0.985 bits per heavy atom. The van der Waals surface area contributed by atoms with Crippen LogP contribution in [-0.4, -0.2) is 74.6 Å². The molecule has 344 valence electrons. The number of ether oxygens (including phenoxy) is 1. The lowest BCUT2D eigenvalue weighted by molar-refractivity contribution is -0.124. The van der Waals surface area contributed by atoms with Crippen LogP contribution in [0.25, 0.3) is 21.8 Å². The second kappa shape index (κ2) is 20.8. The third-order valence-corrected chi connectivity index (χ3v) is 13.5. The summed E-state index contributed by atoms with van der Waals surface area (Å²) in [5.74, 6) is -0.954. The maximum absolute atomic E-state index is 15.7. The fraction of sp³-hybridized carbons (Fsp3) is 0.468. The number of carbonyl (C=O) groups excluding carboxylic acids is 3. The monoisotopic (exact) mass is 910 g/mol. The first-order chi connectivity index (χ1) is 31.4. The summed E-state index contributed by atoms with van der Waals surface area (Å²) in [4.78, 5) is 60.1. The van der Waals surface area contributed by atoms with Gasteiger partial charge in [0, 0.05) is 75.5 Å². The summed E-state index contributed by atoms with van der Waals surface area (Å²) in [5.41, 5.74) is 1.71. The van der Waals surface area contributed by atoms with Crippen LogP contribution in [-0.2, 0) is 16.6 Å². The largest absolute Gasteiger partial charge is 0.453 e. The van der Waals surface area contributed by atoms with E-state index in [9.17, 15) is 24.4 Å². The maximum atomic E-state index is 15.7. The molecule has 1 aliphatic carbocycles. The van der Waals surface area contributed by atoms with Gasteiger partial charge in [-0.15, -0.1) is 0 Å². The molecule has 3 amide bonds. The number of hydrogen-bond acceptors (Lipinski definition) is 12. The van der Waals surface area contributed by atoms with Gasteiger partial charge in [0.2, 0.25) is 5.91 Å². The van der Waals surface area contributed by atoms with E-state index in [1.807, 2.05) is 43.1 Å². The Morgan fingerprint density at radius 2 is 1.75 bits per heavy atom. The summed E-state index contributed by atoms with van der Waals surface area (Å²) in [6, 6.07) is 11.9. The third kappa shape index (κ3) is 10.3. The summed E-state index contributed by atoms with van der Waals surface area (Å²) in [5, 5.41) is 17.5. The highest BCUT2D eigenvalue weighted by molar-refractivity contribution is 7.98. The molecular formula is C47H56F2N10O5S. The van der Waals surface area contributed by atoms with Crippen LogP contribution in [0.15, 0.2) is 53.6 Å². The minimum atomic E-state index is -0.712. The summed E-state index contributed by atoms with van der Waals surface area (Å²) < 4.78 is 45.1. The van der Waals surface area contributed by atoms with Crippen molar-refractivity contribution in [1.82, 2.24) is 29.0 Å². The number of hydrogen-bond donors (Lipinski definition) is 2. The number of nitrogens with one attached hydrogen (secondary N) is 2. The molecule has 8 rings (SSSR count). The second-order valence-corrected chi connectivity index (χ2v) is 17.6. The Balaban J connectivity index is 0.00000311. The van der Waals surface area contributed by atoms with E-state index in [2.05, 4.69) is 20.1 Å². The lowest BCUT2D eigenvalue weighted by atomic mass is 9.81. The standard InChI is InChI=1S/C45H50F2N10O5S.C2H6/c1-4-53(2)63-52-37-14-12-34(46)42(33(37)25-48)62-30-11-13-36-31(22-30)44(60)57(26-49-36)29-8-6-5-7-28(9-10-29)40(58)21-27-15-18-55(19-16-27)39-24-38-32(23-35(39)47)43(51-54(38)3)56-20-17-41(59)50-45(56)61;1-2/h11-14,22-24,26-29,52H,4-10,15-21H2,1-3H3,(H,50,59,61);1-2H3. The normalized spacial score (nSPS) is 18.4. The molecule has 2 aromatic heterocycles. The Kier molecular flexibility index (Phi) is 15.0. The predicted molar refractivity (Wildman–Crippen MR) is 249 cm³/mol. The number of nitriles is 1. The van der Waals surface area contributed by atoms with Gasteiger partial charge in [-0.1, -0.05) is 33.6 Å². The van der Waals surface area contributed by atoms with Crippen molar-refractivity contribution in [3.05, 3.63) is 76.3 Å². The Morgan fingerprint density at radius 3 is 2.49 bits per heavy atom. The van der Waals surface area contributed by atoms with Gasteiger partial charge in [-0.2, -0.15) is 10.4 Å². The maximum Gasteiger partial charge on any atom is 0.329 e. The number of Topliss-reactive ketones (excluding diaryl/α,β-unsaturated/α-hetero) is 1. The van der Waals surface area contributed by atoms with E-state index < -0.39 is 17.7 Å². The molecule has 2 atom stereocenters. The Bertz CT molecular complexity index is 2680. The van der Waals surface area contributed by atoms with Gasteiger partial charge in [0.25, 0.3) is 5.56 Å². The number of aryl methyl sites for hydroxylation is 1. The number of rotatable bonds is 12. The number of carbonyl (C=O) groups is 3. The number of piperidine rings is 1. The number of amides is 3. The summed E-state index contributed by atoms with van der Waals surface area (Å²) >= 11 is 1.27. The number of fused-ring (bicyclic) bond motifs is 2. The van der Waals surface area contributed by atoms with Crippen LogP contribution in [0.3, 0.4) is 0 Å². The van der Waals surface area contributed by atoms with Crippen molar-refractivity contribution in [2.24, 2.45) is 18.9 Å². The average molecular weight is 911 g/mol. The molecule has 65 heavy (non-hydrogen) atoms. The molecule has 2 saturated heterocycles. The van der Waals surface area contributed by atoms with Crippen LogP contribution < -0.4 is 30.1 Å². The molecule has 0 radical (unpaired) electrons. The average Bonchev–Trinajstić information content (AvgIpc) is 3.61. The fourth-order valence-corrected chi connectivity index (χ4v) is 9.49. The van der Waals surface area contributed by atoms with Crippen molar-refractivity contribution >= 4 is 68.9 Å². The van der Waals surface area contributed by atoms with Crippen LogP contribution in [0.1, 0.15) is 96.6 Å². The molecule has 18 heteroatoms. The number of ketones is 1. The lowest BCUT2D eigenvalue weighted by Crippen LogP contribution is -2.49. The molecule has 4 heterocycles. The van der Waals surface area contributed by atoms with Gasteiger partial charge >= 0.3 is 6.03 Å². The zero-order chi connectivity index (χ0) is 46.4. The van der Waals surface area contributed by atoms with Crippen LogP contribution in [0.2, 0.25) is 0 Å². The van der Waals surface area contributed by atoms with Gasteiger partial charge in [-0.25, -0.2) is 22.9 Å². The van der Waals surface area contributed by atoms with Crippen molar-refractivity contribution in [1.29, 1.82) is 5.26 Å². The molecular weight excluding hydrogens is 855 g/mol. The lowest BCUT2D eigenvalue weighted by Gasteiger charge is -2.34. The van der Waals surface area contributed by atoms with E-state index >= 15 is 8.78 Å². The molecule has 3 aromatic carbocycles. The summed E-state index contributed by atoms with van der Waals surface area (Å²) in [6.45, 7) is 8.07. The van der Waals surface area contributed by atoms with Gasteiger partial charge in [0.1, 0.15) is 29.0 Å². The fourth-order valence-electron chi connectivity index (χ4n) is 8.94. The predicted octanol–water partition coefficient (Wildman–Crippen LogP) is 9.01. The molecule has 0 bridgehead atoms. The number of imide groups is 1. The van der Waals surface area contributed by atoms with E-state index in [0.29, 0.717) is 71.4 Å². The number of benzene rings is 3. The third-order valence-electron chi connectivity index (χ3n) is 12.6. The smallest absolute Gasteiger partial charge is 0.329 e. The van der Waals surface area contributed by atoms with E-state index in [1.54, 1.807) is 40.8 Å². The molecule has 3 fully saturated rings. The van der Waals surface area contributed by atoms with E-state index in [4.69, 9.17) is 4.74 Å². The van der Waals surface area contributed by atoms with Crippen LogP contribution in [0, 0.1) is 34.8 Å². The topological polar surface area (TPSA) is 171 Å². The van der Waals surface area contributed by atoms with Gasteiger partial charge in [-0.3, -0.25) is 33.8 Å². The van der Waals surface area contributed by atoms with Gasteiger partial charge in [0.05, 0.1) is 34.1 Å². The Labute approximate surface area is 381 Å². The number of aromatic nitrogens is 4. The first-order valence-corrected chi connectivity index (χ1v) is 23.3. The first-order valence-electron chi connectivity index (χ1n) is 22.5. The van der Waals surface area contributed by atoms with E-state index in [-0.39, 0.29) is 65.2 Å². The van der Waals surface area contributed by atoms with E-state index in [1.165, 1.54) is 41.3 Å². The molecule has 0 spiro atoms. The summed E-state index contributed by atoms with van der Waals surface area (Å²) in [7, 11) is 3.62. The Hall–Kier alpha value is -6.06. The molecule has 2 N–H and O–H groups in total. The summed E-state index contributed by atoms with van der Waals surface area (Å²) in [6.07, 6.45) is 8.21. The highest BCUT2D eigenvalue weighted by Gasteiger charge is 2.31. The first kappa shape index (κ1) is 46.9. The molecule has 2 aliphatic heterocycles. The number of anilines is 3. The van der Waals surface area contributed by atoms with Crippen LogP contribution in [0.4, 0.5) is 30.8 Å². The molecule has 3 aliphatic rings. The quantitative estimate of drug-likeness (QED) is 0.114. The highest BCUT2D eigenvalue weighted by Crippen LogP contribution is 2.38. The van der Waals surface area contributed by atoms with Crippen molar-refractivity contribution in [2.75, 3.05) is 47.7 Å². The van der Waals surface area contributed by atoms with Gasteiger partial charge in [0.15, 0.2) is 17.4 Å². The minimum absolute atomic E-state index is 0.00232. The molecule has 15 nitrogen and oxygen atoms in total. The van der Waals surface area contributed by atoms with Crippen molar-refractivity contribution in [3.8, 4) is 17.6 Å². The van der Waals surface area contributed by atoms with Crippen molar-refractivity contribution < 1.29 is 27.9 Å². The SMILES string of the molecule is CC.CCN(C)SNc1ccc(F)c(Oc2ccc3ncn(C4CCCCC(C(=O)CC5CCN(c6cc7c(cc6F)c(N6CCC(=O)NC6=O)nn7C)CC5)CC4)c(=O)c3c2)c1C#N. The number of halogens is 2. The van der Waals surface area contributed by atoms with Gasteiger partial charge < -0.3 is 14.4 Å². The van der Waals surface area contributed by atoms with Crippen LogP contribution >= 0.6 is 12.1 Å². The molecule has 1 saturated carbocycles. The minimum Gasteiger partial charge on any atom is -0.453 e. The van der Waals surface area contributed by atoms with Crippen molar-refractivity contribution in [2.45, 2.75) is 91.0 Å². The van der Waals surface area contributed by atoms with Crippen molar-refractivity contribution in [3.63, 3.8) is 0 Å². The highest BCUT2D eigenvalue weighted by atomic mass is 32.2. The molecule has 5 aromatic rings. The van der Waals surface area contributed by atoms with Gasteiger partial charge in [-0.05, 0) is 94.0 Å². The number of nitrogens with zero attached hydrogens (tertiary/aromatic N) is 8. The zero-order valence-electron chi connectivity index (χ0n) is 37.5. The zero-order valence-corrected chi connectivity index (χ0v) is 38.3. The second-order valence-electron chi connectivity index (χ2n) is 16.6. The van der Waals surface area contributed by atoms with Crippen LogP contribution in [0.5, 0.6) is 11.5 Å².